The lowest BCUT2D eigenvalue weighted by atomic mass is 10.1. The molecular weight excluding hydrogens is 339 g/mol. The Labute approximate surface area is 120 Å². The lowest BCUT2D eigenvalue weighted by Gasteiger charge is -2.12. The highest BCUT2D eigenvalue weighted by Crippen LogP contribution is 2.32. The van der Waals surface area contributed by atoms with E-state index in [2.05, 4.69) is 21.2 Å². The molecular formula is C13H9BrF3NO2. The molecule has 0 fully saturated rings. The van der Waals surface area contributed by atoms with Crippen molar-refractivity contribution >= 4 is 27.5 Å². The van der Waals surface area contributed by atoms with Crippen LogP contribution in [0.2, 0.25) is 0 Å². The summed E-state index contributed by atoms with van der Waals surface area (Å²) in [6.45, 7) is 1.61. The van der Waals surface area contributed by atoms with Crippen LogP contribution in [0.5, 0.6) is 0 Å². The van der Waals surface area contributed by atoms with E-state index in [0.717, 1.165) is 12.1 Å². The molecule has 0 spiro atoms. The second-order valence-electron chi connectivity index (χ2n) is 4.09. The second kappa shape index (κ2) is 5.32. The van der Waals surface area contributed by atoms with Gasteiger partial charge in [-0.1, -0.05) is 6.07 Å². The number of amides is 1. The van der Waals surface area contributed by atoms with Crippen molar-refractivity contribution in [2.24, 2.45) is 0 Å². The number of carbonyl (C=O) groups excluding carboxylic acids is 1. The van der Waals surface area contributed by atoms with Gasteiger partial charge >= 0.3 is 6.18 Å². The number of carbonyl (C=O) groups is 1. The zero-order valence-corrected chi connectivity index (χ0v) is 11.8. The molecule has 0 unspecified atom stereocenters. The summed E-state index contributed by atoms with van der Waals surface area (Å²) in [5.74, 6) is -0.548. The predicted molar refractivity (Wildman–Crippen MR) is 70.5 cm³/mol. The maximum Gasteiger partial charge on any atom is 0.416 e. The van der Waals surface area contributed by atoms with Gasteiger partial charge in [0.2, 0.25) is 0 Å². The Balaban J connectivity index is 2.30. The fraction of sp³-hybridized carbons (Fsp3) is 0.154. The SMILES string of the molecule is Cc1ccc(C(F)(F)F)cc1NC(=O)c1ccoc1Br. The molecule has 0 saturated carbocycles. The lowest BCUT2D eigenvalue weighted by Crippen LogP contribution is -2.14. The van der Waals surface area contributed by atoms with Crippen LogP contribution >= 0.6 is 15.9 Å². The fourth-order valence-electron chi connectivity index (χ4n) is 1.58. The van der Waals surface area contributed by atoms with E-state index < -0.39 is 17.6 Å². The largest absolute Gasteiger partial charge is 0.457 e. The first kappa shape index (κ1) is 14.6. The average Bonchev–Trinajstić information content (AvgIpc) is 2.77. The molecule has 2 aromatic rings. The number of aryl methyl sites for hydroxylation is 1. The molecule has 1 amide bonds. The first-order valence-corrected chi connectivity index (χ1v) is 6.30. The molecule has 0 aliphatic rings. The van der Waals surface area contributed by atoms with Crippen LogP contribution in [0, 0.1) is 6.92 Å². The number of rotatable bonds is 2. The van der Waals surface area contributed by atoms with Gasteiger partial charge in [-0.3, -0.25) is 4.79 Å². The molecule has 1 aromatic heterocycles. The number of hydrogen-bond acceptors (Lipinski definition) is 2. The summed E-state index contributed by atoms with van der Waals surface area (Å²) < 4.78 is 43.0. The van der Waals surface area contributed by atoms with Gasteiger partial charge in [-0.25, -0.2) is 0 Å². The summed E-state index contributed by atoms with van der Waals surface area (Å²) in [6.07, 6.45) is -3.15. The van der Waals surface area contributed by atoms with Crippen molar-refractivity contribution in [3.63, 3.8) is 0 Å². The number of nitrogens with one attached hydrogen (secondary N) is 1. The van der Waals surface area contributed by atoms with Crippen LogP contribution in [0.25, 0.3) is 0 Å². The summed E-state index contributed by atoms with van der Waals surface area (Å²) in [5.41, 5.74) is 0.0374. The molecule has 0 aliphatic heterocycles. The second-order valence-corrected chi connectivity index (χ2v) is 4.81. The van der Waals surface area contributed by atoms with Crippen LogP contribution in [-0.2, 0) is 6.18 Å². The number of furan rings is 1. The summed E-state index contributed by atoms with van der Waals surface area (Å²) in [5, 5.41) is 2.44. The summed E-state index contributed by atoms with van der Waals surface area (Å²) in [6, 6.07) is 4.60. The molecule has 1 aromatic carbocycles. The monoisotopic (exact) mass is 347 g/mol. The van der Waals surface area contributed by atoms with Crippen molar-refractivity contribution in [3.8, 4) is 0 Å². The Morgan fingerprint density at radius 3 is 2.55 bits per heavy atom. The van der Waals surface area contributed by atoms with Crippen molar-refractivity contribution in [1.82, 2.24) is 0 Å². The Hall–Kier alpha value is -1.76. The minimum atomic E-state index is -4.45. The molecule has 20 heavy (non-hydrogen) atoms. The fourth-order valence-corrected chi connectivity index (χ4v) is 2.00. The molecule has 3 nitrogen and oxygen atoms in total. The van der Waals surface area contributed by atoms with Crippen molar-refractivity contribution in [3.05, 3.63) is 51.9 Å². The van der Waals surface area contributed by atoms with Gasteiger partial charge in [-0.2, -0.15) is 13.2 Å². The smallest absolute Gasteiger partial charge is 0.416 e. The van der Waals surface area contributed by atoms with E-state index in [0.29, 0.717) is 5.56 Å². The first-order valence-electron chi connectivity index (χ1n) is 5.51. The third kappa shape index (κ3) is 3.04. The Kier molecular flexibility index (Phi) is 3.89. The quantitative estimate of drug-likeness (QED) is 0.860. The van der Waals surface area contributed by atoms with Gasteiger partial charge in [0.05, 0.1) is 17.4 Å². The van der Waals surface area contributed by atoms with Crippen LogP contribution in [-0.4, -0.2) is 5.91 Å². The highest BCUT2D eigenvalue weighted by atomic mass is 79.9. The van der Waals surface area contributed by atoms with Crippen LogP contribution in [0.1, 0.15) is 21.5 Å². The van der Waals surface area contributed by atoms with Crippen molar-refractivity contribution in [2.45, 2.75) is 13.1 Å². The van der Waals surface area contributed by atoms with Gasteiger partial charge in [-0.15, -0.1) is 0 Å². The molecule has 7 heteroatoms. The minimum Gasteiger partial charge on any atom is -0.457 e. The van der Waals surface area contributed by atoms with E-state index >= 15 is 0 Å². The topological polar surface area (TPSA) is 42.2 Å². The van der Waals surface area contributed by atoms with E-state index in [1.54, 1.807) is 6.92 Å². The molecule has 0 atom stereocenters. The molecule has 0 saturated heterocycles. The maximum atomic E-state index is 12.6. The van der Waals surface area contributed by atoms with Crippen LogP contribution in [0.3, 0.4) is 0 Å². The Bertz CT molecular complexity index is 649. The minimum absolute atomic E-state index is 0.109. The number of hydrogen-bond donors (Lipinski definition) is 1. The van der Waals surface area contributed by atoms with E-state index in [1.807, 2.05) is 0 Å². The Morgan fingerprint density at radius 1 is 1.30 bits per heavy atom. The van der Waals surface area contributed by atoms with Crippen molar-refractivity contribution in [1.29, 1.82) is 0 Å². The van der Waals surface area contributed by atoms with E-state index in [-0.39, 0.29) is 15.9 Å². The number of benzene rings is 1. The molecule has 0 aliphatic carbocycles. The van der Waals surface area contributed by atoms with Crippen molar-refractivity contribution in [2.75, 3.05) is 5.32 Å². The van der Waals surface area contributed by atoms with E-state index in [4.69, 9.17) is 4.42 Å². The average molecular weight is 348 g/mol. The predicted octanol–water partition coefficient (Wildman–Crippen LogP) is 4.62. The summed E-state index contributed by atoms with van der Waals surface area (Å²) >= 11 is 3.04. The van der Waals surface area contributed by atoms with Gasteiger partial charge in [0.1, 0.15) is 0 Å². The third-order valence-electron chi connectivity index (χ3n) is 2.68. The maximum absolute atomic E-state index is 12.6. The third-order valence-corrected chi connectivity index (χ3v) is 3.29. The van der Waals surface area contributed by atoms with E-state index in [1.165, 1.54) is 18.4 Å². The van der Waals surface area contributed by atoms with Crippen LogP contribution < -0.4 is 5.32 Å². The van der Waals surface area contributed by atoms with Gasteiger partial charge in [0.25, 0.3) is 5.91 Å². The summed E-state index contributed by atoms with van der Waals surface area (Å²) in [7, 11) is 0. The molecule has 106 valence electrons. The molecule has 0 bridgehead atoms. The van der Waals surface area contributed by atoms with Gasteiger partial charge in [0, 0.05) is 5.69 Å². The van der Waals surface area contributed by atoms with Crippen LogP contribution in [0.4, 0.5) is 18.9 Å². The first-order chi connectivity index (χ1) is 9.29. The van der Waals surface area contributed by atoms with Crippen LogP contribution in [0.15, 0.2) is 39.6 Å². The van der Waals surface area contributed by atoms with Gasteiger partial charge in [-0.05, 0) is 46.6 Å². The van der Waals surface area contributed by atoms with Gasteiger partial charge in [0.15, 0.2) is 4.67 Å². The number of alkyl halides is 3. The zero-order valence-electron chi connectivity index (χ0n) is 10.2. The molecule has 1 N–H and O–H groups in total. The highest BCUT2D eigenvalue weighted by Gasteiger charge is 2.31. The lowest BCUT2D eigenvalue weighted by molar-refractivity contribution is -0.137. The van der Waals surface area contributed by atoms with Gasteiger partial charge < -0.3 is 9.73 Å². The normalized spacial score (nSPS) is 11.4. The molecule has 1 heterocycles. The van der Waals surface area contributed by atoms with Crippen molar-refractivity contribution < 1.29 is 22.4 Å². The molecule has 0 radical (unpaired) electrons. The zero-order chi connectivity index (χ0) is 14.9. The number of halogens is 4. The highest BCUT2D eigenvalue weighted by molar-refractivity contribution is 9.10. The summed E-state index contributed by atoms with van der Waals surface area (Å²) in [4.78, 5) is 11.9. The van der Waals surface area contributed by atoms with E-state index in [9.17, 15) is 18.0 Å². The number of anilines is 1. The molecule has 2 rings (SSSR count). The Morgan fingerprint density at radius 2 is 2.00 bits per heavy atom. The standard InChI is InChI=1S/C13H9BrF3NO2/c1-7-2-3-8(13(15,16)17)6-10(7)18-12(19)9-4-5-20-11(9)14/h2-6H,1H3,(H,18,19).